The van der Waals surface area contributed by atoms with Gasteiger partial charge in [-0.05, 0) is 12.1 Å². The summed E-state index contributed by atoms with van der Waals surface area (Å²) in [5.74, 6) is -1.83. The van der Waals surface area contributed by atoms with Gasteiger partial charge >= 0.3 is 5.97 Å². The quantitative estimate of drug-likeness (QED) is 0.716. The number of amides is 1. The molecule has 1 aromatic rings. The zero-order valence-corrected chi connectivity index (χ0v) is 9.63. The fourth-order valence-corrected chi connectivity index (χ4v) is 1.85. The highest BCUT2D eigenvalue weighted by atomic mass is 16.5. The normalized spacial score (nSPS) is 22.7. The Morgan fingerprint density at radius 3 is 2.67 bits per heavy atom. The number of nitrogens with two attached hydrogens (primary N) is 1. The third-order valence-corrected chi connectivity index (χ3v) is 2.88. The molecule has 0 spiro atoms. The SMILES string of the molecule is NC1COCC1C(=O)Nc1ccccc1C(=O)O. The molecule has 1 aromatic carbocycles. The molecule has 1 amide bonds. The first kappa shape index (κ1) is 12.5. The summed E-state index contributed by atoms with van der Waals surface area (Å²) in [6, 6.07) is 5.89. The maximum Gasteiger partial charge on any atom is 0.337 e. The molecule has 18 heavy (non-hydrogen) atoms. The van der Waals surface area contributed by atoms with E-state index in [1.165, 1.54) is 6.07 Å². The second-order valence-electron chi connectivity index (χ2n) is 4.15. The molecule has 1 heterocycles. The van der Waals surface area contributed by atoms with Crippen LogP contribution < -0.4 is 11.1 Å². The van der Waals surface area contributed by atoms with Gasteiger partial charge in [-0.25, -0.2) is 4.79 Å². The van der Waals surface area contributed by atoms with Crippen LogP contribution in [0.25, 0.3) is 0 Å². The molecule has 1 aliphatic rings. The summed E-state index contributed by atoms with van der Waals surface area (Å²) in [6.07, 6.45) is 0. The molecule has 1 saturated heterocycles. The minimum Gasteiger partial charge on any atom is -0.478 e. The van der Waals surface area contributed by atoms with Gasteiger partial charge in [0.25, 0.3) is 0 Å². The summed E-state index contributed by atoms with van der Waals surface area (Å²) in [7, 11) is 0. The molecule has 2 rings (SSSR count). The van der Waals surface area contributed by atoms with Gasteiger partial charge in [-0.2, -0.15) is 0 Å². The predicted molar refractivity (Wildman–Crippen MR) is 64.3 cm³/mol. The van der Waals surface area contributed by atoms with Crippen LogP contribution in [0.2, 0.25) is 0 Å². The van der Waals surface area contributed by atoms with Gasteiger partial charge in [-0.15, -0.1) is 0 Å². The number of nitrogens with one attached hydrogen (secondary N) is 1. The zero-order valence-electron chi connectivity index (χ0n) is 9.63. The van der Waals surface area contributed by atoms with Crippen molar-refractivity contribution in [1.82, 2.24) is 0 Å². The number of anilines is 1. The van der Waals surface area contributed by atoms with Gasteiger partial charge in [0.2, 0.25) is 5.91 Å². The van der Waals surface area contributed by atoms with Crippen molar-refractivity contribution in [2.75, 3.05) is 18.5 Å². The van der Waals surface area contributed by atoms with E-state index in [1.54, 1.807) is 18.2 Å². The number of para-hydroxylation sites is 1. The van der Waals surface area contributed by atoms with Gasteiger partial charge in [0.05, 0.1) is 30.4 Å². The molecule has 0 aromatic heterocycles. The average molecular weight is 250 g/mol. The van der Waals surface area contributed by atoms with Crippen molar-refractivity contribution in [2.24, 2.45) is 11.7 Å². The van der Waals surface area contributed by atoms with Gasteiger partial charge in [0.15, 0.2) is 0 Å². The van der Waals surface area contributed by atoms with E-state index in [0.717, 1.165) is 0 Å². The number of benzene rings is 1. The first-order valence-electron chi connectivity index (χ1n) is 5.56. The van der Waals surface area contributed by atoms with Crippen LogP contribution in [0.4, 0.5) is 5.69 Å². The average Bonchev–Trinajstić information content (AvgIpc) is 2.76. The lowest BCUT2D eigenvalue weighted by molar-refractivity contribution is -0.120. The second-order valence-corrected chi connectivity index (χ2v) is 4.15. The van der Waals surface area contributed by atoms with E-state index in [2.05, 4.69) is 5.32 Å². The smallest absolute Gasteiger partial charge is 0.337 e. The predicted octanol–water partition coefficient (Wildman–Crippen LogP) is 0.297. The number of hydrogen-bond donors (Lipinski definition) is 3. The number of hydrogen-bond acceptors (Lipinski definition) is 4. The Bertz CT molecular complexity index is 475. The van der Waals surface area contributed by atoms with Gasteiger partial charge in [0, 0.05) is 6.04 Å². The van der Waals surface area contributed by atoms with Crippen LogP contribution in [0.5, 0.6) is 0 Å². The number of carbonyl (C=O) groups excluding carboxylic acids is 1. The van der Waals surface area contributed by atoms with Crippen molar-refractivity contribution in [3.05, 3.63) is 29.8 Å². The summed E-state index contributed by atoms with van der Waals surface area (Å²) in [6.45, 7) is 0.612. The molecule has 1 fully saturated rings. The van der Waals surface area contributed by atoms with Crippen LogP contribution in [-0.2, 0) is 9.53 Å². The summed E-state index contributed by atoms with van der Waals surface area (Å²) in [5.41, 5.74) is 6.06. The molecule has 6 nitrogen and oxygen atoms in total. The minimum atomic E-state index is -1.09. The Kier molecular flexibility index (Phi) is 3.59. The van der Waals surface area contributed by atoms with E-state index < -0.39 is 11.9 Å². The molecule has 1 aliphatic heterocycles. The van der Waals surface area contributed by atoms with Gasteiger partial charge in [-0.3, -0.25) is 4.79 Å². The lowest BCUT2D eigenvalue weighted by atomic mass is 10.0. The third kappa shape index (κ3) is 2.49. The Balaban J connectivity index is 2.14. The summed E-state index contributed by atoms with van der Waals surface area (Å²) in [5, 5.41) is 11.6. The highest BCUT2D eigenvalue weighted by Crippen LogP contribution is 2.18. The number of aromatic carboxylic acids is 1. The van der Waals surface area contributed by atoms with E-state index in [0.29, 0.717) is 6.61 Å². The van der Waals surface area contributed by atoms with Crippen molar-refractivity contribution in [1.29, 1.82) is 0 Å². The molecule has 0 radical (unpaired) electrons. The topological polar surface area (TPSA) is 102 Å². The molecule has 0 saturated carbocycles. The van der Waals surface area contributed by atoms with Crippen LogP contribution >= 0.6 is 0 Å². The van der Waals surface area contributed by atoms with Crippen LogP contribution in [0.3, 0.4) is 0 Å². The highest BCUT2D eigenvalue weighted by Gasteiger charge is 2.31. The standard InChI is InChI=1S/C12H14N2O4/c13-9-6-18-5-8(9)11(15)14-10-4-2-1-3-7(10)12(16)17/h1-4,8-9H,5-6,13H2,(H,14,15)(H,16,17). The zero-order chi connectivity index (χ0) is 13.1. The number of carboxylic acids is 1. The van der Waals surface area contributed by atoms with Crippen molar-refractivity contribution >= 4 is 17.6 Å². The molecule has 0 aliphatic carbocycles. The first-order valence-corrected chi connectivity index (χ1v) is 5.56. The van der Waals surface area contributed by atoms with E-state index in [9.17, 15) is 9.59 Å². The Hall–Kier alpha value is -1.92. The van der Waals surface area contributed by atoms with E-state index in [-0.39, 0.29) is 29.8 Å². The summed E-state index contributed by atoms with van der Waals surface area (Å²) >= 11 is 0. The Morgan fingerprint density at radius 2 is 2.06 bits per heavy atom. The third-order valence-electron chi connectivity index (χ3n) is 2.88. The number of carbonyl (C=O) groups is 2. The van der Waals surface area contributed by atoms with E-state index >= 15 is 0 Å². The van der Waals surface area contributed by atoms with Crippen molar-refractivity contribution in [2.45, 2.75) is 6.04 Å². The lowest BCUT2D eigenvalue weighted by Crippen LogP contribution is -2.37. The fourth-order valence-electron chi connectivity index (χ4n) is 1.85. The van der Waals surface area contributed by atoms with Crippen LogP contribution in [0.15, 0.2) is 24.3 Å². The maximum atomic E-state index is 11.9. The molecule has 96 valence electrons. The summed E-state index contributed by atoms with van der Waals surface area (Å²) < 4.78 is 5.10. The molecule has 2 atom stereocenters. The monoisotopic (exact) mass is 250 g/mol. The second kappa shape index (κ2) is 5.16. The van der Waals surface area contributed by atoms with Gasteiger partial charge < -0.3 is 20.9 Å². The number of carboxylic acid groups (broad SMARTS) is 1. The first-order chi connectivity index (χ1) is 8.59. The Labute approximate surface area is 104 Å². The maximum absolute atomic E-state index is 11.9. The number of rotatable bonds is 3. The number of ether oxygens (including phenoxy) is 1. The van der Waals surface area contributed by atoms with E-state index in [4.69, 9.17) is 15.6 Å². The van der Waals surface area contributed by atoms with Crippen LogP contribution in [0.1, 0.15) is 10.4 Å². The lowest BCUT2D eigenvalue weighted by Gasteiger charge is -2.14. The van der Waals surface area contributed by atoms with Crippen molar-refractivity contribution in [3.63, 3.8) is 0 Å². The van der Waals surface area contributed by atoms with Gasteiger partial charge in [0.1, 0.15) is 0 Å². The Morgan fingerprint density at radius 1 is 1.33 bits per heavy atom. The van der Waals surface area contributed by atoms with Crippen LogP contribution in [0, 0.1) is 5.92 Å². The largest absolute Gasteiger partial charge is 0.478 e. The van der Waals surface area contributed by atoms with Crippen LogP contribution in [-0.4, -0.2) is 36.2 Å². The molecular formula is C12H14N2O4. The van der Waals surface area contributed by atoms with Gasteiger partial charge in [-0.1, -0.05) is 12.1 Å². The van der Waals surface area contributed by atoms with Crippen molar-refractivity contribution in [3.8, 4) is 0 Å². The highest BCUT2D eigenvalue weighted by molar-refractivity contribution is 6.01. The van der Waals surface area contributed by atoms with E-state index in [1.807, 2.05) is 0 Å². The fraction of sp³-hybridized carbons (Fsp3) is 0.333. The molecular weight excluding hydrogens is 236 g/mol. The molecule has 6 heteroatoms. The van der Waals surface area contributed by atoms with Crippen molar-refractivity contribution < 1.29 is 19.4 Å². The minimum absolute atomic E-state index is 0.0540. The molecule has 4 N–H and O–H groups in total. The molecule has 2 unspecified atom stereocenters. The molecule has 0 bridgehead atoms. The summed E-state index contributed by atoms with van der Waals surface area (Å²) in [4.78, 5) is 22.9.